The number of hydrogen-bond donors (Lipinski definition) is 3. The van der Waals surface area contributed by atoms with Crippen molar-refractivity contribution in [2.75, 3.05) is 23.4 Å². The standard InChI is InChI=1S/C40H52ClN5O5S/c1-24-25(2)52-36-33(24)34(27-11-13-28(41)14-12-27)45-31(35(43)46(36)26(3)42)23-32(47)44-29-15-17-30(18-16-29)49-21-20-40(9,10)50-22-19-39(7,8)37(48)51-38(4,5)6/h11-18,31,42-43H,19-23H2,1-10H3,(H,44,47)/t31-/m0/s1. The molecule has 52 heavy (non-hydrogen) atoms. The second-order valence-corrected chi connectivity index (χ2v) is 17.0. The average molecular weight is 750 g/mol. The smallest absolute Gasteiger partial charge is 0.312 e. The molecule has 1 aliphatic rings. The topological polar surface area (TPSA) is 137 Å². The molecule has 2 aromatic carbocycles. The third-order valence-electron chi connectivity index (χ3n) is 8.76. The van der Waals surface area contributed by atoms with Gasteiger partial charge in [0.2, 0.25) is 5.91 Å². The summed E-state index contributed by atoms with van der Waals surface area (Å²) in [5.74, 6) is 0.347. The van der Waals surface area contributed by atoms with Gasteiger partial charge in [0.1, 0.15) is 34.1 Å². The lowest BCUT2D eigenvalue weighted by Gasteiger charge is -2.30. The summed E-state index contributed by atoms with van der Waals surface area (Å²) in [6, 6.07) is 13.7. The molecule has 0 saturated heterocycles. The lowest BCUT2D eigenvalue weighted by Crippen LogP contribution is -2.41. The Morgan fingerprint density at radius 1 is 0.962 bits per heavy atom. The summed E-state index contributed by atoms with van der Waals surface area (Å²) in [6.07, 6.45) is 1.07. The van der Waals surface area contributed by atoms with E-state index in [2.05, 4.69) is 5.32 Å². The van der Waals surface area contributed by atoms with Crippen molar-refractivity contribution in [2.45, 2.75) is 106 Å². The van der Waals surface area contributed by atoms with Gasteiger partial charge >= 0.3 is 5.97 Å². The molecule has 0 fully saturated rings. The number of fused-ring (bicyclic) bond motifs is 1. The number of carbonyl (C=O) groups excluding carboxylic acids is 2. The molecule has 4 rings (SSSR count). The summed E-state index contributed by atoms with van der Waals surface area (Å²) in [5.41, 5.74) is 2.29. The molecule has 1 aliphatic heterocycles. The van der Waals surface area contributed by atoms with Crippen molar-refractivity contribution in [1.82, 2.24) is 0 Å². The minimum atomic E-state index is -0.832. The highest BCUT2D eigenvalue weighted by molar-refractivity contribution is 7.17. The number of nitrogens with one attached hydrogen (secondary N) is 3. The molecule has 3 aromatic rings. The Labute approximate surface area is 316 Å². The Kier molecular flexibility index (Phi) is 12.8. The van der Waals surface area contributed by atoms with Crippen LogP contribution in [0.25, 0.3) is 0 Å². The van der Waals surface area contributed by atoms with Crippen LogP contribution < -0.4 is 15.0 Å². The number of esters is 1. The van der Waals surface area contributed by atoms with Crippen molar-refractivity contribution in [1.29, 1.82) is 10.8 Å². The van der Waals surface area contributed by atoms with Gasteiger partial charge in [0.05, 0.1) is 29.8 Å². The Hall–Kier alpha value is -4.06. The number of hydrogen-bond acceptors (Lipinski definition) is 9. The van der Waals surface area contributed by atoms with Crippen molar-refractivity contribution < 1.29 is 23.8 Å². The molecule has 10 nitrogen and oxygen atoms in total. The first-order chi connectivity index (χ1) is 24.2. The van der Waals surface area contributed by atoms with E-state index < -0.39 is 22.7 Å². The van der Waals surface area contributed by atoms with Gasteiger partial charge in [0.15, 0.2) is 0 Å². The maximum Gasteiger partial charge on any atom is 0.312 e. The van der Waals surface area contributed by atoms with Crippen LogP contribution in [0, 0.1) is 30.1 Å². The number of halogens is 1. The molecule has 1 amide bonds. The van der Waals surface area contributed by atoms with Crippen LogP contribution in [0.3, 0.4) is 0 Å². The quantitative estimate of drug-likeness (QED) is 0.0905. The Balaban J connectivity index is 1.37. The highest BCUT2D eigenvalue weighted by Gasteiger charge is 2.35. The van der Waals surface area contributed by atoms with Gasteiger partial charge in [-0.2, -0.15) is 0 Å². The van der Waals surface area contributed by atoms with Crippen LogP contribution in [0.4, 0.5) is 10.7 Å². The van der Waals surface area contributed by atoms with Crippen molar-refractivity contribution >= 4 is 62.9 Å². The summed E-state index contributed by atoms with van der Waals surface area (Å²) in [4.78, 5) is 33.7. The van der Waals surface area contributed by atoms with Crippen LogP contribution in [0.15, 0.2) is 53.5 Å². The van der Waals surface area contributed by atoms with Crippen molar-refractivity contribution in [2.24, 2.45) is 10.4 Å². The van der Waals surface area contributed by atoms with E-state index in [1.807, 2.05) is 74.4 Å². The maximum absolute atomic E-state index is 13.4. The van der Waals surface area contributed by atoms with Gasteiger partial charge in [-0.15, -0.1) is 11.3 Å². The summed E-state index contributed by atoms with van der Waals surface area (Å²) < 4.78 is 17.7. The highest BCUT2D eigenvalue weighted by Crippen LogP contribution is 2.40. The number of ether oxygens (including phenoxy) is 3. The fourth-order valence-corrected chi connectivity index (χ4v) is 6.85. The number of aliphatic imine (C=N–C) groups is 1. The first-order valence-corrected chi connectivity index (χ1v) is 18.6. The van der Waals surface area contributed by atoms with E-state index in [9.17, 15) is 9.59 Å². The zero-order valence-corrected chi connectivity index (χ0v) is 33.5. The molecule has 0 spiro atoms. The second kappa shape index (κ2) is 16.3. The zero-order valence-electron chi connectivity index (χ0n) is 32.0. The number of carbonyl (C=O) groups is 2. The average Bonchev–Trinajstić information content (AvgIpc) is 3.25. The Bertz CT molecular complexity index is 1820. The van der Waals surface area contributed by atoms with Crippen LogP contribution in [0.2, 0.25) is 5.02 Å². The number of benzene rings is 2. The summed E-state index contributed by atoms with van der Waals surface area (Å²) in [7, 11) is 0. The van der Waals surface area contributed by atoms with Crippen LogP contribution in [0.1, 0.15) is 96.2 Å². The summed E-state index contributed by atoms with van der Waals surface area (Å²) in [5, 5.41) is 22.0. The first-order valence-electron chi connectivity index (χ1n) is 17.5. The van der Waals surface area contributed by atoms with E-state index in [1.165, 1.54) is 11.3 Å². The van der Waals surface area contributed by atoms with Gasteiger partial charge in [-0.3, -0.25) is 30.3 Å². The van der Waals surface area contributed by atoms with Crippen LogP contribution in [0.5, 0.6) is 5.75 Å². The van der Waals surface area contributed by atoms with Crippen LogP contribution >= 0.6 is 22.9 Å². The third-order valence-corrected chi connectivity index (χ3v) is 10.2. The minimum Gasteiger partial charge on any atom is -0.493 e. The van der Waals surface area contributed by atoms with Crippen molar-refractivity contribution in [3.8, 4) is 5.75 Å². The number of aryl methyl sites for hydroxylation is 1. The third kappa shape index (κ3) is 10.5. The summed E-state index contributed by atoms with van der Waals surface area (Å²) in [6.45, 7) is 19.8. The largest absolute Gasteiger partial charge is 0.493 e. The number of nitrogens with zero attached hydrogens (tertiary/aromatic N) is 2. The molecule has 0 bridgehead atoms. The van der Waals surface area contributed by atoms with Gasteiger partial charge in [-0.1, -0.05) is 23.7 Å². The monoisotopic (exact) mass is 749 g/mol. The van der Waals surface area contributed by atoms with E-state index in [-0.39, 0.29) is 30.0 Å². The summed E-state index contributed by atoms with van der Waals surface area (Å²) >= 11 is 7.71. The predicted molar refractivity (Wildman–Crippen MR) is 212 cm³/mol. The molecule has 0 radical (unpaired) electrons. The van der Waals surface area contributed by atoms with Gasteiger partial charge in [-0.25, -0.2) is 0 Å². The number of amidine groups is 2. The van der Waals surface area contributed by atoms with Crippen molar-refractivity contribution in [3.05, 3.63) is 75.1 Å². The zero-order chi connectivity index (χ0) is 38.6. The Morgan fingerprint density at radius 2 is 1.60 bits per heavy atom. The highest BCUT2D eigenvalue weighted by atomic mass is 35.5. The molecular formula is C40H52ClN5O5S. The van der Waals surface area contributed by atoms with Gasteiger partial charge in [-0.05, 0) is 118 Å². The van der Waals surface area contributed by atoms with E-state index >= 15 is 0 Å². The molecular weight excluding hydrogens is 698 g/mol. The van der Waals surface area contributed by atoms with Crippen LogP contribution in [-0.2, 0) is 19.1 Å². The maximum atomic E-state index is 13.4. The molecule has 1 aromatic heterocycles. The Morgan fingerprint density at radius 3 is 2.19 bits per heavy atom. The van der Waals surface area contributed by atoms with Crippen LogP contribution in [-0.4, -0.2) is 59.7 Å². The molecule has 0 aliphatic carbocycles. The fourth-order valence-electron chi connectivity index (χ4n) is 5.50. The number of thiophene rings is 1. The second-order valence-electron chi connectivity index (χ2n) is 15.4. The lowest BCUT2D eigenvalue weighted by atomic mass is 9.89. The molecule has 0 saturated carbocycles. The van der Waals surface area contributed by atoms with E-state index in [0.29, 0.717) is 48.2 Å². The van der Waals surface area contributed by atoms with Gasteiger partial charge in [0.25, 0.3) is 0 Å². The molecule has 3 N–H and O–H groups in total. The number of rotatable bonds is 13. The molecule has 280 valence electrons. The first kappa shape index (κ1) is 40.7. The van der Waals surface area contributed by atoms with E-state index in [0.717, 1.165) is 26.6 Å². The van der Waals surface area contributed by atoms with Gasteiger partial charge in [0, 0.05) is 39.7 Å². The molecule has 0 unspecified atom stereocenters. The van der Waals surface area contributed by atoms with E-state index in [4.69, 9.17) is 41.6 Å². The molecule has 1 atom stereocenters. The lowest BCUT2D eigenvalue weighted by molar-refractivity contribution is -0.167. The minimum absolute atomic E-state index is 0.0662. The number of anilines is 2. The van der Waals surface area contributed by atoms with Gasteiger partial charge < -0.3 is 19.5 Å². The van der Waals surface area contributed by atoms with E-state index in [1.54, 1.807) is 48.2 Å². The van der Waals surface area contributed by atoms with Crippen molar-refractivity contribution in [3.63, 3.8) is 0 Å². The normalized spacial score (nSPS) is 15.1. The molecule has 12 heteroatoms. The molecule has 2 heterocycles. The predicted octanol–water partition coefficient (Wildman–Crippen LogP) is 9.37. The fraction of sp³-hybridized carbons (Fsp3) is 0.475. The number of amides is 1. The SMILES string of the molecule is CC(=N)N1C(=N)[C@H](CC(=O)Nc2ccc(OCCC(C)(C)OCCC(C)(C)C(=O)OC(C)(C)C)cc2)N=C(c2ccc(Cl)cc2)c2c1sc(C)c2C.